The zero-order chi connectivity index (χ0) is 26.2. The van der Waals surface area contributed by atoms with Gasteiger partial charge in [-0.3, -0.25) is 4.79 Å². The maximum absolute atomic E-state index is 12.8. The van der Waals surface area contributed by atoms with E-state index in [2.05, 4.69) is 45.5 Å². The number of carbonyl (C=O) groups is 1. The molecule has 0 aliphatic carbocycles. The van der Waals surface area contributed by atoms with Gasteiger partial charge in [0.1, 0.15) is 18.2 Å². The van der Waals surface area contributed by atoms with Gasteiger partial charge in [0, 0.05) is 0 Å². The zero-order valence-corrected chi connectivity index (χ0v) is 22.3. The van der Waals surface area contributed by atoms with Gasteiger partial charge in [-0.1, -0.05) is 66.7 Å². The molecule has 6 heteroatoms. The van der Waals surface area contributed by atoms with Gasteiger partial charge in [0.05, 0.1) is 17.1 Å². The van der Waals surface area contributed by atoms with Crippen molar-refractivity contribution in [2.24, 2.45) is 0 Å². The quantitative estimate of drug-likeness (QED) is 0.173. The Morgan fingerprint density at radius 1 is 1.00 bits per heavy atom. The molecule has 4 aromatic carbocycles. The van der Waals surface area contributed by atoms with E-state index in [1.807, 2.05) is 74.5 Å². The van der Waals surface area contributed by atoms with Gasteiger partial charge in [-0.05, 0) is 81.5 Å². The van der Waals surface area contributed by atoms with Gasteiger partial charge >= 0.3 is 0 Å². The number of carbonyl (C=O) groups excluding carboxylic acids is 1. The highest BCUT2D eigenvalue weighted by Crippen LogP contribution is 2.38. The van der Waals surface area contributed by atoms with Crippen LogP contribution in [0, 0.1) is 11.3 Å². The van der Waals surface area contributed by atoms with Crippen LogP contribution in [0.25, 0.3) is 16.8 Å². The predicted molar refractivity (Wildman–Crippen MR) is 150 cm³/mol. The topological polar surface area (TPSA) is 71.3 Å². The molecule has 0 saturated heterocycles. The summed E-state index contributed by atoms with van der Waals surface area (Å²) in [4.78, 5) is 12.8. The molecule has 4 aromatic rings. The van der Waals surface area contributed by atoms with Gasteiger partial charge in [-0.2, -0.15) is 5.26 Å². The molecule has 0 heterocycles. The Morgan fingerprint density at radius 2 is 1.73 bits per heavy atom. The minimum atomic E-state index is -0.440. The summed E-state index contributed by atoms with van der Waals surface area (Å²) in [6.07, 6.45) is 1.55. The number of ether oxygens (including phenoxy) is 2. The minimum Gasteiger partial charge on any atom is -0.490 e. The summed E-state index contributed by atoms with van der Waals surface area (Å²) in [5.41, 5.74) is 2.64. The smallest absolute Gasteiger partial charge is 0.262 e. The molecule has 4 rings (SSSR count). The molecule has 1 amide bonds. The van der Waals surface area contributed by atoms with Crippen LogP contribution < -0.4 is 14.8 Å². The molecule has 1 N–H and O–H groups in total. The van der Waals surface area contributed by atoms with Crippen molar-refractivity contribution in [2.45, 2.75) is 26.5 Å². The summed E-state index contributed by atoms with van der Waals surface area (Å²) in [6.45, 7) is 4.57. The number of benzene rings is 4. The largest absolute Gasteiger partial charge is 0.490 e. The standard InChI is InChI=1S/C31H27BrN2O3/c1-3-36-29-18-23(16-27(19-33)31(35)34-21(2)24-9-5-4-6-10-24)17-28(32)30(29)37-20-22-13-14-25-11-7-8-12-26(25)15-22/h4-18,21H,3,20H2,1-2H3,(H,34,35)/b27-16-/t21-/m1/s1. The van der Waals surface area contributed by atoms with E-state index in [0.717, 1.165) is 16.5 Å². The lowest BCUT2D eigenvalue weighted by molar-refractivity contribution is -0.117. The zero-order valence-electron chi connectivity index (χ0n) is 20.7. The number of nitrogens with one attached hydrogen (secondary N) is 1. The average Bonchev–Trinajstić information content (AvgIpc) is 2.91. The molecular weight excluding hydrogens is 528 g/mol. The normalized spacial score (nSPS) is 12.0. The predicted octanol–water partition coefficient (Wildman–Crippen LogP) is 7.36. The summed E-state index contributed by atoms with van der Waals surface area (Å²) in [5, 5.41) is 14.9. The van der Waals surface area contributed by atoms with Gasteiger partial charge in [0.15, 0.2) is 11.5 Å². The molecule has 37 heavy (non-hydrogen) atoms. The highest BCUT2D eigenvalue weighted by Gasteiger charge is 2.16. The SMILES string of the molecule is CCOc1cc(/C=C(/C#N)C(=O)N[C@H](C)c2ccccc2)cc(Br)c1OCc1ccc2ccccc2c1. The van der Waals surface area contributed by atoms with Gasteiger partial charge < -0.3 is 14.8 Å². The first-order valence-electron chi connectivity index (χ1n) is 12.0. The summed E-state index contributed by atoms with van der Waals surface area (Å²) < 4.78 is 12.7. The van der Waals surface area contributed by atoms with Crippen LogP contribution in [0.2, 0.25) is 0 Å². The number of halogens is 1. The molecule has 0 radical (unpaired) electrons. The second kappa shape index (κ2) is 12.2. The number of rotatable bonds is 9. The van der Waals surface area contributed by atoms with Crippen molar-refractivity contribution in [3.63, 3.8) is 0 Å². The molecule has 0 aliphatic heterocycles. The number of amides is 1. The van der Waals surface area contributed by atoms with Gasteiger partial charge in [0.25, 0.3) is 5.91 Å². The Bertz CT molecular complexity index is 1480. The Morgan fingerprint density at radius 3 is 2.46 bits per heavy atom. The molecule has 0 aliphatic rings. The van der Waals surface area contributed by atoms with Crippen LogP contribution in [-0.4, -0.2) is 12.5 Å². The van der Waals surface area contributed by atoms with E-state index in [4.69, 9.17) is 9.47 Å². The Hall–Kier alpha value is -4.08. The van der Waals surface area contributed by atoms with Crippen LogP contribution in [0.5, 0.6) is 11.5 Å². The summed E-state index contributed by atoms with van der Waals surface area (Å²) >= 11 is 3.58. The molecule has 0 spiro atoms. The van der Waals surface area contributed by atoms with Crippen LogP contribution in [0.4, 0.5) is 0 Å². The maximum Gasteiger partial charge on any atom is 0.262 e. The van der Waals surface area contributed by atoms with Crippen molar-refractivity contribution in [1.82, 2.24) is 5.32 Å². The van der Waals surface area contributed by atoms with E-state index in [9.17, 15) is 10.1 Å². The number of hydrogen-bond acceptors (Lipinski definition) is 4. The third-order valence-corrected chi connectivity index (χ3v) is 6.44. The van der Waals surface area contributed by atoms with Gasteiger partial charge in [-0.15, -0.1) is 0 Å². The van der Waals surface area contributed by atoms with E-state index in [1.54, 1.807) is 12.1 Å². The van der Waals surface area contributed by atoms with Crippen LogP contribution >= 0.6 is 15.9 Å². The molecule has 0 fully saturated rings. The van der Waals surface area contributed by atoms with Crippen molar-refractivity contribution < 1.29 is 14.3 Å². The number of nitriles is 1. The van der Waals surface area contributed by atoms with Crippen LogP contribution in [0.15, 0.2) is 95.0 Å². The fourth-order valence-electron chi connectivity index (χ4n) is 3.97. The van der Waals surface area contributed by atoms with Crippen molar-refractivity contribution in [2.75, 3.05) is 6.61 Å². The average molecular weight is 555 g/mol. The van der Waals surface area contributed by atoms with E-state index in [1.165, 1.54) is 5.39 Å². The number of nitrogens with zero attached hydrogens (tertiary/aromatic N) is 1. The van der Waals surface area contributed by atoms with Crippen molar-refractivity contribution in [3.8, 4) is 17.6 Å². The van der Waals surface area contributed by atoms with Crippen LogP contribution in [-0.2, 0) is 11.4 Å². The molecule has 1 atom stereocenters. The lowest BCUT2D eigenvalue weighted by Crippen LogP contribution is -2.27. The van der Waals surface area contributed by atoms with E-state index in [-0.39, 0.29) is 11.6 Å². The molecule has 5 nitrogen and oxygen atoms in total. The third-order valence-electron chi connectivity index (χ3n) is 5.85. The van der Waals surface area contributed by atoms with Crippen LogP contribution in [0.1, 0.15) is 36.6 Å². The van der Waals surface area contributed by atoms with Crippen molar-refractivity contribution in [3.05, 3.63) is 112 Å². The lowest BCUT2D eigenvalue weighted by Gasteiger charge is -2.16. The summed E-state index contributed by atoms with van der Waals surface area (Å²) in [6, 6.07) is 29.4. The van der Waals surface area contributed by atoms with E-state index in [0.29, 0.717) is 34.7 Å². The second-order valence-corrected chi connectivity index (χ2v) is 9.36. The summed E-state index contributed by atoms with van der Waals surface area (Å²) in [7, 11) is 0. The van der Waals surface area contributed by atoms with Gasteiger partial charge in [-0.25, -0.2) is 0 Å². The molecule has 0 bridgehead atoms. The molecule has 0 aromatic heterocycles. The third kappa shape index (κ3) is 6.58. The number of hydrogen-bond donors (Lipinski definition) is 1. The Labute approximate surface area is 225 Å². The first-order valence-corrected chi connectivity index (χ1v) is 12.8. The fourth-order valence-corrected chi connectivity index (χ4v) is 4.55. The fraction of sp³-hybridized carbons (Fsp3) is 0.161. The van der Waals surface area contributed by atoms with E-state index < -0.39 is 5.91 Å². The van der Waals surface area contributed by atoms with Crippen molar-refractivity contribution >= 4 is 38.7 Å². The Balaban J connectivity index is 1.54. The lowest BCUT2D eigenvalue weighted by atomic mass is 10.1. The Kier molecular flexibility index (Phi) is 8.60. The maximum atomic E-state index is 12.8. The molecule has 0 unspecified atom stereocenters. The first kappa shape index (κ1) is 26.0. The van der Waals surface area contributed by atoms with Crippen LogP contribution in [0.3, 0.4) is 0 Å². The van der Waals surface area contributed by atoms with E-state index >= 15 is 0 Å². The summed E-state index contributed by atoms with van der Waals surface area (Å²) in [5.74, 6) is 0.650. The molecular formula is C31H27BrN2O3. The molecule has 0 saturated carbocycles. The second-order valence-electron chi connectivity index (χ2n) is 8.51. The molecule has 186 valence electrons. The monoisotopic (exact) mass is 554 g/mol. The van der Waals surface area contributed by atoms with Gasteiger partial charge in [0.2, 0.25) is 0 Å². The minimum absolute atomic E-state index is 0.00182. The van der Waals surface area contributed by atoms with Crippen molar-refractivity contribution in [1.29, 1.82) is 5.26 Å². The first-order chi connectivity index (χ1) is 18.0. The highest BCUT2D eigenvalue weighted by atomic mass is 79.9. The highest BCUT2D eigenvalue weighted by molar-refractivity contribution is 9.10. The number of fused-ring (bicyclic) bond motifs is 1.